The van der Waals surface area contributed by atoms with Crippen molar-refractivity contribution < 1.29 is 4.79 Å². The predicted molar refractivity (Wildman–Crippen MR) is 118 cm³/mol. The molecule has 1 fully saturated rings. The van der Waals surface area contributed by atoms with Gasteiger partial charge in [-0.15, -0.1) is 0 Å². The molecule has 1 N–H and O–H groups in total. The molecule has 0 aliphatic heterocycles. The van der Waals surface area contributed by atoms with E-state index < -0.39 is 0 Å². The lowest BCUT2D eigenvalue weighted by molar-refractivity contribution is -0.121. The first-order valence-corrected chi connectivity index (χ1v) is 11.0. The van der Waals surface area contributed by atoms with Crippen LogP contribution in [-0.4, -0.2) is 32.0 Å². The number of carbonyl (C=O) groups is 1. The predicted octanol–water partition coefficient (Wildman–Crippen LogP) is 4.00. The largest absolute Gasteiger partial charge is 0.355 e. The third kappa shape index (κ3) is 4.09. The van der Waals surface area contributed by atoms with E-state index in [1.54, 1.807) is 4.52 Å². The summed E-state index contributed by atoms with van der Waals surface area (Å²) in [5.41, 5.74) is 5.72. The van der Waals surface area contributed by atoms with E-state index >= 15 is 0 Å². The molecule has 0 spiro atoms. The van der Waals surface area contributed by atoms with Crippen molar-refractivity contribution in [2.45, 2.75) is 71.1 Å². The number of benzene rings is 1. The molecule has 1 aromatic carbocycles. The van der Waals surface area contributed by atoms with Crippen LogP contribution in [0.2, 0.25) is 0 Å². The van der Waals surface area contributed by atoms with Gasteiger partial charge in [0, 0.05) is 29.8 Å². The minimum atomic E-state index is 0.0625. The van der Waals surface area contributed by atoms with Crippen molar-refractivity contribution in [1.82, 2.24) is 24.9 Å². The van der Waals surface area contributed by atoms with Crippen LogP contribution in [0, 0.1) is 20.8 Å². The number of nitrogens with zero attached hydrogens (tertiary/aromatic N) is 4. The summed E-state index contributed by atoms with van der Waals surface area (Å²) in [6.45, 7) is 6.85. The van der Waals surface area contributed by atoms with Crippen molar-refractivity contribution in [3.8, 4) is 0 Å². The second-order valence-corrected chi connectivity index (χ2v) is 8.72. The van der Waals surface area contributed by atoms with Crippen LogP contribution in [0.3, 0.4) is 0 Å². The SMILES string of the molecule is Cc1cccc(C2(CNC(=O)CCc3c(C)nc4ncnn4c3C)CCCCC2)c1. The Balaban J connectivity index is 1.43. The van der Waals surface area contributed by atoms with Gasteiger partial charge in [-0.05, 0) is 51.2 Å². The Hall–Kier alpha value is -2.76. The van der Waals surface area contributed by atoms with Gasteiger partial charge in [0.2, 0.25) is 5.91 Å². The Morgan fingerprint density at radius 2 is 1.97 bits per heavy atom. The molecule has 2 aromatic heterocycles. The van der Waals surface area contributed by atoms with Gasteiger partial charge in [-0.2, -0.15) is 10.1 Å². The van der Waals surface area contributed by atoms with Gasteiger partial charge in [-0.25, -0.2) is 9.50 Å². The molecular formula is C24H31N5O. The number of fused-ring (bicyclic) bond motifs is 1. The molecule has 0 unspecified atom stereocenters. The lowest BCUT2D eigenvalue weighted by Crippen LogP contribution is -2.42. The standard InChI is InChI=1S/C24H31N5O/c1-17-8-7-9-20(14-17)24(12-5-4-6-13-24)15-25-22(30)11-10-21-18(2)28-23-26-16-27-29(23)19(21)3/h7-9,14,16H,4-6,10-13,15H2,1-3H3,(H,25,30). The molecule has 0 atom stereocenters. The minimum absolute atomic E-state index is 0.0625. The normalized spacial score (nSPS) is 16.0. The van der Waals surface area contributed by atoms with Gasteiger partial charge in [0.1, 0.15) is 6.33 Å². The number of amides is 1. The molecular weight excluding hydrogens is 374 g/mol. The fraction of sp³-hybridized carbons (Fsp3) is 0.500. The van der Waals surface area contributed by atoms with E-state index in [2.05, 4.69) is 51.6 Å². The molecule has 4 rings (SSSR count). The van der Waals surface area contributed by atoms with Gasteiger partial charge in [-0.3, -0.25) is 4.79 Å². The van der Waals surface area contributed by atoms with E-state index in [1.165, 1.54) is 36.7 Å². The molecule has 3 aromatic rings. The van der Waals surface area contributed by atoms with Gasteiger partial charge in [-0.1, -0.05) is 49.1 Å². The van der Waals surface area contributed by atoms with Crippen molar-refractivity contribution in [3.63, 3.8) is 0 Å². The first kappa shape index (κ1) is 20.5. The van der Waals surface area contributed by atoms with Gasteiger partial charge < -0.3 is 5.32 Å². The van der Waals surface area contributed by atoms with Gasteiger partial charge >= 0.3 is 0 Å². The van der Waals surface area contributed by atoms with Crippen molar-refractivity contribution >= 4 is 11.7 Å². The summed E-state index contributed by atoms with van der Waals surface area (Å²) in [4.78, 5) is 21.4. The average Bonchev–Trinajstić information content (AvgIpc) is 3.21. The van der Waals surface area contributed by atoms with Crippen LogP contribution >= 0.6 is 0 Å². The van der Waals surface area contributed by atoms with Crippen LogP contribution in [0.25, 0.3) is 5.78 Å². The fourth-order valence-electron chi connectivity index (χ4n) is 4.88. The second-order valence-electron chi connectivity index (χ2n) is 8.72. The smallest absolute Gasteiger partial charge is 0.252 e. The van der Waals surface area contributed by atoms with Crippen LogP contribution in [0.5, 0.6) is 0 Å². The Bertz CT molecular complexity index is 1050. The van der Waals surface area contributed by atoms with E-state index in [0.29, 0.717) is 25.2 Å². The molecule has 6 nitrogen and oxygen atoms in total. The third-order valence-electron chi connectivity index (χ3n) is 6.66. The lowest BCUT2D eigenvalue weighted by Gasteiger charge is -2.38. The van der Waals surface area contributed by atoms with Crippen molar-refractivity contribution in [2.75, 3.05) is 6.54 Å². The number of aromatic nitrogens is 4. The summed E-state index contributed by atoms with van der Waals surface area (Å²) < 4.78 is 1.75. The molecule has 30 heavy (non-hydrogen) atoms. The Labute approximate surface area is 178 Å². The molecule has 1 amide bonds. The summed E-state index contributed by atoms with van der Waals surface area (Å²) in [5.74, 6) is 0.709. The molecule has 6 heteroatoms. The number of carbonyl (C=O) groups excluding carboxylic acids is 1. The quantitative estimate of drug-likeness (QED) is 0.673. The van der Waals surface area contributed by atoms with Crippen LogP contribution in [-0.2, 0) is 16.6 Å². The van der Waals surface area contributed by atoms with Crippen molar-refractivity contribution in [2.24, 2.45) is 0 Å². The van der Waals surface area contributed by atoms with Gasteiger partial charge in [0.25, 0.3) is 5.78 Å². The molecule has 1 aliphatic carbocycles. The second kappa shape index (κ2) is 8.54. The van der Waals surface area contributed by atoms with E-state index in [1.807, 2.05) is 13.8 Å². The molecule has 1 aliphatic rings. The Morgan fingerprint density at radius 1 is 1.17 bits per heavy atom. The molecule has 0 bridgehead atoms. The highest BCUT2D eigenvalue weighted by molar-refractivity contribution is 5.76. The first-order chi connectivity index (χ1) is 14.5. The summed E-state index contributed by atoms with van der Waals surface area (Å²) >= 11 is 0. The van der Waals surface area contributed by atoms with E-state index in [9.17, 15) is 4.79 Å². The summed E-state index contributed by atoms with van der Waals surface area (Å²) in [5, 5.41) is 7.50. The van der Waals surface area contributed by atoms with Crippen molar-refractivity contribution in [1.29, 1.82) is 0 Å². The molecule has 2 heterocycles. The third-order valence-corrected chi connectivity index (χ3v) is 6.66. The highest BCUT2D eigenvalue weighted by Crippen LogP contribution is 2.39. The summed E-state index contributed by atoms with van der Waals surface area (Å²) in [6, 6.07) is 8.81. The summed E-state index contributed by atoms with van der Waals surface area (Å²) in [7, 11) is 0. The van der Waals surface area contributed by atoms with Crippen LogP contribution in [0.15, 0.2) is 30.6 Å². The van der Waals surface area contributed by atoms with E-state index in [0.717, 1.165) is 29.8 Å². The lowest BCUT2D eigenvalue weighted by atomic mass is 9.69. The van der Waals surface area contributed by atoms with Gasteiger partial charge in [0.15, 0.2) is 0 Å². The first-order valence-electron chi connectivity index (χ1n) is 11.0. The zero-order valence-electron chi connectivity index (χ0n) is 18.2. The highest BCUT2D eigenvalue weighted by atomic mass is 16.1. The average molecular weight is 406 g/mol. The molecule has 0 saturated heterocycles. The number of hydrogen-bond acceptors (Lipinski definition) is 4. The van der Waals surface area contributed by atoms with Crippen molar-refractivity contribution in [3.05, 3.63) is 58.7 Å². The molecule has 1 saturated carbocycles. The maximum Gasteiger partial charge on any atom is 0.252 e. The fourth-order valence-corrected chi connectivity index (χ4v) is 4.88. The molecule has 158 valence electrons. The van der Waals surface area contributed by atoms with Crippen LogP contribution in [0.4, 0.5) is 0 Å². The molecule has 0 radical (unpaired) electrons. The number of hydrogen-bond donors (Lipinski definition) is 1. The maximum atomic E-state index is 12.8. The number of nitrogens with one attached hydrogen (secondary N) is 1. The monoisotopic (exact) mass is 405 g/mol. The summed E-state index contributed by atoms with van der Waals surface area (Å²) in [6.07, 6.45) is 8.65. The minimum Gasteiger partial charge on any atom is -0.355 e. The van der Waals surface area contributed by atoms with Gasteiger partial charge in [0.05, 0.1) is 0 Å². The zero-order chi connectivity index (χ0) is 21.1. The van der Waals surface area contributed by atoms with Crippen LogP contribution < -0.4 is 5.32 Å². The Kier molecular flexibility index (Phi) is 5.84. The topological polar surface area (TPSA) is 72.2 Å². The van der Waals surface area contributed by atoms with E-state index in [4.69, 9.17) is 0 Å². The number of rotatable bonds is 6. The van der Waals surface area contributed by atoms with Crippen LogP contribution in [0.1, 0.15) is 66.6 Å². The number of aryl methyl sites for hydroxylation is 3. The maximum absolute atomic E-state index is 12.8. The zero-order valence-corrected chi connectivity index (χ0v) is 18.2. The van der Waals surface area contributed by atoms with E-state index in [-0.39, 0.29) is 11.3 Å². The highest BCUT2D eigenvalue weighted by Gasteiger charge is 2.34. The Morgan fingerprint density at radius 3 is 2.73 bits per heavy atom.